The van der Waals surface area contributed by atoms with Gasteiger partial charge in [-0.2, -0.15) is 0 Å². The number of hydrogen-bond donors (Lipinski definition) is 1. The standard InChI is InChI=1S/C17H16FNO2S/c1-2-16(20)12-3-9-15(10-4-12)22-11-17(21)19-14-7-5-13(18)6-8-14/h3-10H,2,11H2,1H3,(H,19,21). The van der Waals surface area contributed by atoms with Gasteiger partial charge in [0.25, 0.3) is 0 Å². The van der Waals surface area contributed by atoms with Gasteiger partial charge >= 0.3 is 0 Å². The molecule has 0 atom stereocenters. The molecule has 0 aromatic heterocycles. The average molecular weight is 317 g/mol. The summed E-state index contributed by atoms with van der Waals surface area (Å²) in [6.07, 6.45) is 0.479. The molecule has 22 heavy (non-hydrogen) atoms. The molecule has 0 bridgehead atoms. The molecule has 0 saturated heterocycles. The lowest BCUT2D eigenvalue weighted by Gasteiger charge is -2.05. The van der Waals surface area contributed by atoms with Crippen LogP contribution in [0, 0.1) is 5.82 Å². The van der Waals surface area contributed by atoms with E-state index >= 15 is 0 Å². The molecule has 114 valence electrons. The van der Waals surface area contributed by atoms with E-state index in [-0.39, 0.29) is 23.3 Å². The van der Waals surface area contributed by atoms with Crippen molar-refractivity contribution in [3.8, 4) is 0 Å². The van der Waals surface area contributed by atoms with Crippen molar-refractivity contribution in [1.29, 1.82) is 0 Å². The molecule has 0 saturated carbocycles. The van der Waals surface area contributed by atoms with E-state index in [4.69, 9.17) is 0 Å². The first-order chi connectivity index (χ1) is 10.6. The molecule has 1 N–H and O–H groups in total. The van der Waals surface area contributed by atoms with E-state index in [2.05, 4.69) is 5.32 Å². The van der Waals surface area contributed by atoms with Crippen molar-refractivity contribution in [2.45, 2.75) is 18.2 Å². The lowest BCUT2D eigenvalue weighted by atomic mass is 10.1. The maximum Gasteiger partial charge on any atom is 0.234 e. The van der Waals surface area contributed by atoms with Gasteiger partial charge in [-0.15, -0.1) is 11.8 Å². The van der Waals surface area contributed by atoms with Crippen LogP contribution in [0.4, 0.5) is 10.1 Å². The Morgan fingerprint density at radius 2 is 1.68 bits per heavy atom. The van der Waals surface area contributed by atoms with Crippen LogP contribution in [0.25, 0.3) is 0 Å². The molecule has 0 fully saturated rings. The maximum atomic E-state index is 12.8. The normalized spacial score (nSPS) is 10.3. The average Bonchev–Trinajstić information content (AvgIpc) is 2.55. The Hall–Kier alpha value is -2.14. The number of benzene rings is 2. The van der Waals surface area contributed by atoms with Crippen molar-refractivity contribution in [2.75, 3.05) is 11.1 Å². The fraction of sp³-hybridized carbons (Fsp3) is 0.176. The molecule has 3 nitrogen and oxygen atoms in total. The lowest BCUT2D eigenvalue weighted by Crippen LogP contribution is -2.13. The summed E-state index contributed by atoms with van der Waals surface area (Å²) in [4.78, 5) is 24.3. The number of amides is 1. The molecule has 0 aliphatic heterocycles. The van der Waals surface area contributed by atoms with E-state index in [1.807, 2.05) is 19.1 Å². The Morgan fingerprint density at radius 3 is 2.27 bits per heavy atom. The Morgan fingerprint density at radius 1 is 1.05 bits per heavy atom. The Kier molecular flexibility index (Phi) is 5.72. The van der Waals surface area contributed by atoms with Crippen LogP contribution < -0.4 is 5.32 Å². The molecule has 0 aliphatic rings. The van der Waals surface area contributed by atoms with Gasteiger partial charge in [0, 0.05) is 22.6 Å². The first kappa shape index (κ1) is 16.2. The van der Waals surface area contributed by atoms with Crippen molar-refractivity contribution >= 4 is 29.1 Å². The molecule has 0 heterocycles. The summed E-state index contributed by atoms with van der Waals surface area (Å²) < 4.78 is 12.8. The molecule has 2 rings (SSSR count). The molecule has 0 radical (unpaired) electrons. The fourth-order valence-electron chi connectivity index (χ4n) is 1.82. The molecular weight excluding hydrogens is 301 g/mol. The van der Waals surface area contributed by atoms with Crippen LogP contribution in [-0.4, -0.2) is 17.4 Å². The van der Waals surface area contributed by atoms with Gasteiger partial charge in [0.05, 0.1) is 5.75 Å². The predicted octanol–water partition coefficient (Wildman–Crippen LogP) is 4.15. The fourth-order valence-corrected chi connectivity index (χ4v) is 2.52. The molecule has 1 amide bonds. The van der Waals surface area contributed by atoms with Crippen LogP contribution in [0.15, 0.2) is 53.4 Å². The zero-order chi connectivity index (χ0) is 15.9. The van der Waals surface area contributed by atoms with Crippen LogP contribution in [0.3, 0.4) is 0 Å². The zero-order valence-corrected chi connectivity index (χ0v) is 13.0. The van der Waals surface area contributed by atoms with Gasteiger partial charge in [-0.05, 0) is 36.4 Å². The highest BCUT2D eigenvalue weighted by Gasteiger charge is 2.06. The number of carbonyl (C=O) groups is 2. The molecular formula is C17H16FNO2S. The van der Waals surface area contributed by atoms with E-state index in [0.29, 0.717) is 17.7 Å². The number of Topliss-reactive ketones (excluding diaryl/α,β-unsaturated/α-hetero) is 1. The topological polar surface area (TPSA) is 46.2 Å². The van der Waals surface area contributed by atoms with E-state index in [9.17, 15) is 14.0 Å². The van der Waals surface area contributed by atoms with Gasteiger partial charge in [0.2, 0.25) is 5.91 Å². The number of thioether (sulfide) groups is 1. The zero-order valence-electron chi connectivity index (χ0n) is 12.1. The highest BCUT2D eigenvalue weighted by atomic mass is 32.2. The Bertz CT molecular complexity index is 653. The third-order valence-corrected chi connectivity index (χ3v) is 4.01. The second-order valence-corrected chi connectivity index (χ2v) is 5.69. The SMILES string of the molecule is CCC(=O)c1ccc(SCC(=O)Nc2ccc(F)cc2)cc1. The summed E-state index contributed by atoms with van der Waals surface area (Å²) in [5.74, 6) is -0.150. The third-order valence-electron chi connectivity index (χ3n) is 3.00. The van der Waals surface area contributed by atoms with E-state index < -0.39 is 0 Å². The second-order valence-electron chi connectivity index (χ2n) is 4.64. The van der Waals surface area contributed by atoms with Crippen LogP contribution >= 0.6 is 11.8 Å². The maximum absolute atomic E-state index is 12.8. The van der Waals surface area contributed by atoms with Gasteiger partial charge in [-0.3, -0.25) is 9.59 Å². The summed E-state index contributed by atoms with van der Waals surface area (Å²) >= 11 is 1.38. The summed E-state index contributed by atoms with van der Waals surface area (Å²) in [5.41, 5.74) is 1.25. The van der Waals surface area contributed by atoms with Gasteiger partial charge in [0.1, 0.15) is 5.82 Å². The minimum atomic E-state index is -0.339. The van der Waals surface area contributed by atoms with Crippen molar-refractivity contribution < 1.29 is 14.0 Å². The molecule has 5 heteroatoms. The van der Waals surface area contributed by atoms with Crippen LogP contribution in [-0.2, 0) is 4.79 Å². The number of halogens is 1. The van der Waals surface area contributed by atoms with Crippen LogP contribution in [0.2, 0.25) is 0 Å². The smallest absolute Gasteiger partial charge is 0.234 e. The van der Waals surface area contributed by atoms with Crippen LogP contribution in [0.1, 0.15) is 23.7 Å². The summed E-state index contributed by atoms with van der Waals surface area (Å²) in [5, 5.41) is 2.70. The number of ketones is 1. The quantitative estimate of drug-likeness (QED) is 0.643. The molecule has 0 spiro atoms. The van der Waals surface area contributed by atoms with Gasteiger partial charge in [-0.1, -0.05) is 19.1 Å². The molecule has 0 unspecified atom stereocenters. The largest absolute Gasteiger partial charge is 0.325 e. The van der Waals surface area contributed by atoms with Crippen molar-refractivity contribution in [2.24, 2.45) is 0 Å². The second kappa shape index (κ2) is 7.75. The first-order valence-corrected chi connectivity index (χ1v) is 7.88. The number of nitrogens with one attached hydrogen (secondary N) is 1. The molecule has 0 aliphatic carbocycles. The lowest BCUT2D eigenvalue weighted by molar-refractivity contribution is -0.113. The Balaban J connectivity index is 1.85. The van der Waals surface area contributed by atoms with Crippen LogP contribution in [0.5, 0.6) is 0 Å². The van der Waals surface area contributed by atoms with Gasteiger partial charge in [0.15, 0.2) is 5.78 Å². The third kappa shape index (κ3) is 4.70. The van der Waals surface area contributed by atoms with E-state index in [1.165, 1.54) is 36.0 Å². The highest BCUT2D eigenvalue weighted by molar-refractivity contribution is 8.00. The number of rotatable bonds is 6. The van der Waals surface area contributed by atoms with Gasteiger partial charge in [-0.25, -0.2) is 4.39 Å². The van der Waals surface area contributed by atoms with E-state index in [1.54, 1.807) is 12.1 Å². The summed E-state index contributed by atoms with van der Waals surface area (Å²) in [6.45, 7) is 1.82. The van der Waals surface area contributed by atoms with Crippen molar-refractivity contribution in [3.63, 3.8) is 0 Å². The van der Waals surface area contributed by atoms with Crippen molar-refractivity contribution in [1.82, 2.24) is 0 Å². The summed E-state index contributed by atoms with van der Waals surface area (Å²) in [7, 11) is 0. The summed E-state index contributed by atoms with van der Waals surface area (Å²) in [6, 6.07) is 12.8. The first-order valence-electron chi connectivity index (χ1n) is 6.90. The monoisotopic (exact) mass is 317 g/mol. The Labute approximate surface area is 132 Å². The van der Waals surface area contributed by atoms with Gasteiger partial charge < -0.3 is 5.32 Å². The highest BCUT2D eigenvalue weighted by Crippen LogP contribution is 2.19. The number of anilines is 1. The molecule has 2 aromatic rings. The number of hydrogen-bond acceptors (Lipinski definition) is 3. The van der Waals surface area contributed by atoms with Crippen molar-refractivity contribution in [3.05, 3.63) is 59.9 Å². The molecule has 2 aromatic carbocycles. The minimum Gasteiger partial charge on any atom is -0.325 e. The van der Waals surface area contributed by atoms with E-state index in [0.717, 1.165) is 4.90 Å². The minimum absolute atomic E-state index is 0.102. The number of carbonyl (C=O) groups excluding carboxylic acids is 2. The predicted molar refractivity (Wildman–Crippen MR) is 86.8 cm³/mol.